The van der Waals surface area contributed by atoms with Gasteiger partial charge in [-0.3, -0.25) is 9.97 Å². The number of halogens is 1. The molecule has 1 N–H and O–H groups in total. The Morgan fingerprint density at radius 2 is 2.16 bits per heavy atom. The maximum absolute atomic E-state index is 6.05. The third-order valence-electron chi connectivity index (χ3n) is 2.66. The SMILES string of the molecule is CNCc1nc(C)ccc1OCc1ccncc1Cl. The van der Waals surface area contributed by atoms with Crippen molar-refractivity contribution in [3.8, 4) is 5.75 Å². The Hall–Kier alpha value is -1.65. The van der Waals surface area contributed by atoms with Crippen molar-refractivity contribution in [1.82, 2.24) is 15.3 Å². The summed E-state index contributed by atoms with van der Waals surface area (Å²) in [7, 11) is 1.88. The largest absolute Gasteiger partial charge is 0.487 e. The molecule has 2 heterocycles. The van der Waals surface area contributed by atoms with Crippen LogP contribution in [0.1, 0.15) is 17.0 Å². The zero-order valence-corrected chi connectivity index (χ0v) is 11.7. The summed E-state index contributed by atoms with van der Waals surface area (Å²) >= 11 is 6.05. The van der Waals surface area contributed by atoms with Gasteiger partial charge in [-0.25, -0.2) is 0 Å². The molecule has 0 saturated heterocycles. The minimum atomic E-state index is 0.406. The first-order chi connectivity index (χ1) is 9.20. The van der Waals surface area contributed by atoms with Crippen LogP contribution in [0, 0.1) is 6.92 Å². The average Bonchev–Trinajstić information content (AvgIpc) is 2.40. The van der Waals surface area contributed by atoms with Gasteiger partial charge in [-0.2, -0.15) is 0 Å². The van der Waals surface area contributed by atoms with E-state index < -0.39 is 0 Å². The molecule has 0 atom stereocenters. The highest BCUT2D eigenvalue weighted by Crippen LogP contribution is 2.20. The second-order valence-electron chi connectivity index (χ2n) is 4.18. The molecule has 0 amide bonds. The summed E-state index contributed by atoms with van der Waals surface area (Å²) in [6, 6.07) is 5.72. The number of aryl methyl sites for hydroxylation is 1. The summed E-state index contributed by atoms with van der Waals surface area (Å²) in [5.41, 5.74) is 2.78. The number of nitrogens with zero attached hydrogens (tertiary/aromatic N) is 2. The number of ether oxygens (including phenoxy) is 1. The molecule has 0 aliphatic carbocycles. The Morgan fingerprint density at radius 1 is 1.32 bits per heavy atom. The van der Waals surface area contributed by atoms with E-state index in [9.17, 15) is 0 Å². The number of hydrogen-bond donors (Lipinski definition) is 1. The molecule has 0 saturated carbocycles. The van der Waals surface area contributed by atoms with Gasteiger partial charge in [0.2, 0.25) is 0 Å². The Kier molecular flexibility index (Phi) is 4.71. The summed E-state index contributed by atoms with van der Waals surface area (Å²) in [4.78, 5) is 8.41. The second-order valence-corrected chi connectivity index (χ2v) is 4.59. The van der Waals surface area contributed by atoms with Gasteiger partial charge in [0.25, 0.3) is 0 Å². The molecule has 0 spiro atoms. The van der Waals surface area contributed by atoms with Crippen molar-refractivity contribution in [3.05, 3.63) is 52.6 Å². The van der Waals surface area contributed by atoms with E-state index in [1.165, 1.54) is 0 Å². The quantitative estimate of drug-likeness (QED) is 0.913. The van der Waals surface area contributed by atoms with E-state index in [1.54, 1.807) is 12.4 Å². The predicted octanol–water partition coefficient (Wildman–Crippen LogP) is 2.74. The molecule has 0 aromatic carbocycles. The average molecular weight is 278 g/mol. The number of nitrogens with one attached hydrogen (secondary N) is 1. The van der Waals surface area contributed by atoms with Crippen molar-refractivity contribution in [2.45, 2.75) is 20.1 Å². The van der Waals surface area contributed by atoms with Crippen LogP contribution in [-0.2, 0) is 13.2 Å². The Bertz CT molecular complexity index is 560. The third kappa shape index (κ3) is 3.66. The molecule has 4 nitrogen and oxygen atoms in total. The molecule has 0 aliphatic rings. The Morgan fingerprint density at radius 3 is 2.89 bits per heavy atom. The van der Waals surface area contributed by atoms with Crippen LogP contribution in [0.4, 0.5) is 0 Å². The molecule has 0 aliphatic heterocycles. The van der Waals surface area contributed by atoms with Gasteiger partial charge in [0.05, 0.1) is 10.7 Å². The summed E-state index contributed by atoms with van der Waals surface area (Å²) in [6.07, 6.45) is 3.31. The standard InChI is InChI=1S/C14H16ClN3O/c1-10-3-4-14(13(18-10)8-16-2)19-9-11-5-6-17-7-12(11)15/h3-7,16H,8-9H2,1-2H3. The van der Waals surface area contributed by atoms with Crippen LogP contribution in [-0.4, -0.2) is 17.0 Å². The highest BCUT2D eigenvalue weighted by Gasteiger charge is 2.07. The monoisotopic (exact) mass is 277 g/mol. The van der Waals surface area contributed by atoms with E-state index in [0.29, 0.717) is 18.2 Å². The van der Waals surface area contributed by atoms with Crippen LogP contribution in [0.3, 0.4) is 0 Å². The first kappa shape index (κ1) is 13.8. The lowest BCUT2D eigenvalue weighted by atomic mass is 10.2. The topological polar surface area (TPSA) is 47.0 Å². The lowest BCUT2D eigenvalue weighted by Crippen LogP contribution is -2.10. The number of pyridine rings is 2. The number of aromatic nitrogens is 2. The molecule has 100 valence electrons. The van der Waals surface area contributed by atoms with E-state index in [4.69, 9.17) is 16.3 Å². The van der Waals surface area contributed by atoms with E-state index in [-0.39, 0.29) is 0 Å². The minimum Gasteiger partial charge on any atom is -0.487 e. The highest BCUT2D eigenvalue weighted by molar-refractivity contribution is 6.31. The number of rotatable bonds is 5. The Balaban J connectivity index is 2.13. The van der Waals surface area contributed by atoms with Crippen LogP contribution in [0.15, 0.2) is 30.6 Å². The van der Waals surface area contributed by atoms with Crippen molar-refractivity contribution in [2.24, 2.45) is 0 Å². The van der Waals surface area contributed by atoms with Crippen molar-refractivity contribution < 1.29 is 4.74 Å². The van der Waals surface area contributed by atoms with Crippen molar-refractivity contribution in [2.75, 3.05) is 7.05 Å². The molecule has 2 aromatic rings. The van der Waals surface area contributed by atoms with Gasteiger partial charge in [0.1, 0.15) is 12.4 Å². The summed E-state index contributed by atoms with van der Waals surface area (Å²) in [5, 5.41) is 3.69. The molecule has 0 bridgehead atoms. The normalized spacial score (nSPS) is 10.5. The van der Waals surface area contributed by atoms with E-state index >= 15 is 0 Å². The van der Waals surface area contributed by atoms with Crippen LogP contribution < -0.4 is 10.1 Å². The minimum absolute atomic E-state index is 0.406. The molecular weight excluding hydrogens is 262 g/mol. The molecule has 0 fully saturated rings. The molecular formula is C14H16ClN3O. The van der Waals surface area contributed by atoms with Crippen LogP contribution in [0.2, 0.25) is 5.02 Å². The van der Waals surface area contributed by atoms with E-state index in [2.05, 4.69) is 15.3 Å². The van der Waals surface area contributed by atoms with E-state index in [0.717, 1.165) is 22.7 Å². The zero-order valence-electron chi connectivity index (χ0n) is 11.0. The molecule has 19 heavy (non-hydrogen) atoms. The third-order valence-corrected chi connectivity index (χ3v) is 3.00. The Labute approximate surface area is 117 Å². The first-order valence-corrected chi connectivity index (χ1v) is 6.41. The van der Waals surface area contributed by atoms with Crippen molar-refractivity contribution in [1.29, 1.82) is 0 Å². The van der Waals surface area contributed by atoms with Crippen LogP contribution in [0.25, 0.3) is 0 Å². The molecule has 5 heteroatoms. The summed E-state index contributed by atoms with van der Waals surface area (Å²) in [6.45, 7) is 3.03. The van der Waals surface area contributed by atoms with Crippen molar-refractivity contribution in [3.63, 3.8) is 0 Å². The molecule has 0 unspecified atom stereocenters. The maximum Gasteiger partial charge on any atom is 0.142 e. The fourth-order valence-electron chi connectivity index (χ4n) is 1.70. The van der Waals surface area contributed by atoms with Crippen LogP contribution in [0.5, 0.6) is 5.75 Å². The fraction of sp³-hybridized carbons (Fsp3) is 0.286. The van der Waals surface area contributed by atoms with Gasteiger partial charge < -0.3 is 10.1 Å². The lowest BCUT2D eigenvalue weighted by molar-refractivity contribution is 0.300. The molecule has 0 radical (unpaired) electrons. The van der Waals surface area contributed by atoms with Crippen molar-refractivity contribution >= 4 is 11.6 Å². The van der Waals surface area contributed by atoms with Gasteiger partial charge in [-0.05, 0) is 32.2 Å². The van der Waals surface area contributed by atoms with Gasteiger partial charge >= 0.3 is 0 Å². The lowest BCUT2D eigenvalue weighted by Gasteiger charge is -2.12. The van der Waals surface area contributed by atoms with Gasteiger partial charge in [-0.1, -0.05) is 11.6 Å². The second kappa shape index (κ2) is 6.50. The van der Waals surface area contributed by atoms with Crippen LogP contribution >= 0.6 is 11.6 Å². The fourth-order valence-corrected chi connectivity index (χ4v) is 1.87. The smallest absolute Gasteiger partial charge is 0.142 e. The van der Waals surface area contributed by atoms with Gasteiger partial charge in [-0.15, -0.1) is 0 Å². The molecule has 2 rings (SSSR count). The summed E-state index contributed by atoms with van der Waals surface area (Å²) < 4.78 is 5.80. The van der Waals surface area contributed by atoms with E-state index in [1.807, 2.05) is 32.2 Å². The highest BCUT2D eigenvalue weighted by atomic mass is 35.5. The maximum atomic E-state index is 6.05. The first-order valence-electron chi connectivity index (χ1n) is 6.03. The molecule has 2 aromatic heterocycles. The predicted molar refractivity (Wildman–Crippen MR) is 75.3 cm³/mol. The summed E-state index contributed by atoms with van der Waals surface area (Å²) in [5.74, 6) is 0.771. The number of hydrogen-bond acceptors (Lipinski definition) is 4. The zero-order chi connectivity index (χ0) is 13.7. The van der Waals surface area contributed by atoms with Gasteiger partial charge in [0, 0.05) is 30.2 Å². The van der Waals surface area contributed by atoms with Gasteiger partial charge in [0.15, 0.2) is 0 Å².